The zero-order chi connectivity index (χ0) is 23.3. The van der Waals surface area contributed by atoms with Crippen molar-refractivity contribution in [3.05, 3.63) is 75.3 Å². The van der Waals surface area contributed by atoms with E-state index >= 15 is 0 Å². The number of nitro benzene ring substituents is 1. The molecule has 168 valence electrons. The quantitative estimate of drug-likeness (QED) is 0.150. The monoisotopic (exact) mass is 442 g/mol. The number of ether oxygens (including phenoxy) is 2. The lowest BCUT2D eigenvalue weighted by Crippen LogP contribution is -2.33. The first kappa shape index (κ1) is 22.9. The van der Waals surface area contributed by atoms with Crippen molar-refractivity contribution in [3.8, 4) is 5.75 Å². The van der Waals surface area contributed by atoms with Gasteiger partial charge in [-0.05, 0) is 29.8 Å². The largest absolute Gasteiger partial charge is 0.507 e. The molecule has 3 rings (SSSR count). The van der Waals surface area contributed by atoms with E-state index in [9.17, 15) is 24.8 Å². The Bertz CT molecular complexity index is 1030. The lowest BCUT2D eigenvalue weighted by molar-refractivity contribution is -0.384. The zero-order valence-electron chi connectivity index (χ0n) is 17.3. The number of aliphatic hydroxyl groups excluding tert-OH is 2. The molecule has 2 N–H and O–H groups in total. The van der Waals surface area contributed by atoms with Crippen molar-refractivity contribution in [1.82, 2.24) is 4.90 Å². The molecular formula is C22H22N2O8. The lowest BCUT2D eigenvalue weighted by Gasteiger charge is -2.25. The molecule has 0 unspecified atom stereocenters. The smallest absolute Gasteiger partial charge is 0.295 e. The molecule has 0 aliphatic carbocycles. The van der Waals surface area contributed by atoms with E-state index < -0.39 is 28.4 Å². The van der Waals surface area contributed by atoms with E-state index in [0.717, 1.165) is 0 Å². The highest BCUT2D eigenvalue weighted by Crippen LogP contribution is 2.39. The Labute approximate surface area is 183 Å². The summed E-state index contributed by atoms with van der Waals surface area (Å²) in [5.41, 5.74) is 0.435. The van der Waals surface area contributed by atoms with E-state index in [-0.39, 0.29) is 43.2 Å². The Kier molecular flexibility index (Phi) is 7.18. The summed E-state index contributed by atoms with van der Waals surface area (Å²) in [5, 5.41) is 30.7. The van der Waals surface area contributed by atoms with Crippen LogP contribution in [-0.4, -0.2) is 65.2 Å². The minimum atomic E-state index is -0.895. The Morgan fingerprint density at radius 2 is 1.75 bits per heavy atom. The van der Waals surface area contributed by atoms with Crippen LogP contribution >= 0.6 is 0 Å². The molecule has 1 fully saturated rings. The highest BCUT2D eigenvalue weighted by atomic mass is 16.6. The number of carbonyl (C=O) groups excluding carboxylic acids is 2. The SMILES string of the molecule is COc1ccc([C@H]2/C(=C(\O)c3ccc([N+](=O)[O-])cc3)C(=O)C(=O)N2CCOCCO)cc1. The Morgan fingerprint density at radius 1 is 1.09 bits per heavy atom. The van der Waals surface area contributed by atoms with E-state index in [0.29, 0.717) is 11.3 Å². The van der Waals surface area contributed by atoms with Crippen LogP contribution in [0.5, 0.6) is 5.75 Å². The zero-order valence-corrected chi connectivity index (χ0v) is 17.3. The second-order valence-electron chi connectivity index (χ2n) is 6.91. The number of rotatable bonds is 9. The van der Waals surface area contributed by atoms with Gasteiger partial charge in [0.1, 0.15) is 11.5 Å². The van der Waals surface area contributed by atoms with Crippen molar-refractivity contribution >= 4 is 23.1 Å². The average Bonchev–Trinajstić information content (AvgIpc) is 3.06. The molecule has 1 heterocycles. The molecule has 0 saturated carbocycles. The van der Waals surface area contributed by atoms with Crippen molar-refractivity contribution in [1.29, 1.82) is 0 Å². The van der Waals surface area contributed by atoms with Crippen LogP contribution in [0.1, 0.15) is 17.2 Å². The Hall–Kier alpha value is -3.76. The van der Waals surface area contributed by atoms with Crippen LogP contribution in [-0.2, 0) is 14.3 Å². The molecule has 1 saturated heterocycles. The summed E-state index contributed by atoms with van der Waals surface area (Å²) in [6.45, 7) is 0.0386. The summed E-state index contributed by atoms with van der Waals surface area (Å²) >= 11 is 0. The van der Waals surface area contributed by atoms with Crippen LogP contribution in [0.4, 0.5) is 5.69 Å². The van der Waals surface area contributed by atoms with Gasteiger partial charge in [0, 0.05) is 24.2 Å². The standard InChI is InChI=1S/C22H22N2O8/c1-31-17-8-4-14(5-9-17)19-18(20(26)15-2-6-16(7-3-15)24(29)30)21(27)22(28)23(19)10-12-32-13-11-25/h2-9,19,25-26H,10-13H2,1H3/b20-18+/t19-/m0/s1. The van der Waals surface area contributed by atoms with Gasteiger partial charge in [-0.2, -0.15) is 0 Å². The lowest BCUT2D eigenvalue weighted by atomic mass is 9.95. The van der Waals surface area contributed by atoms with Gasteiger partial charge >= 0.3 is 0 Å². The maximum atomic E-state index is 12.9. The first-order valence-electron chi connectivity index (χ1n) is 9.74. The van der Waals surface area contributed by atoms with Gasteiger partial charge < -0.3 is 24.6 Å². The topological polar surface area (TPSA) is 139 Å². The van der Waals surface area contributed by atoms with Gasteiger partial charge in [-0.3, -0.25) is 19.7 Å². The fraction of sp³-hybridized carbons (Fsp3) is 0.273. The third-order valence-corrected chi connectivity index (χ3v) is 5.04. The van der Waals surface area contributed by atoms with Gasteiger partial charge in [0.25, 0.3) is 17.4 Å². The highest BCUT2D eigenvalue weighted by Gasteiger charge is 2.45. The molecule has 1 amide bonds. The predicted octanol–water partition coefficient (Wildman–Crippen LogP) is 2.03. The molecule has 0 bridgehead atoms. The van der Waals surface area contributed by atoms with Crippen molar-refractivity contribution < 1.29 is 34.2 Å². The molecule has 10 heteroatoms. The van der Waals surface area contributed by atoms with E-state index in [1.165, 1.54) is 36.3 Å². The Morgan fingerprint density at radius 3 is 2.31 bits per heavy atom. The third-order valence-electron chi connectivity index (χ3n) is 5.04. The number of Topliss-reactive ketones (excluding diaryl/α,β-unsaturated/α-hetero) is 1. The summed E-state index contributed by atoms with van der Waals surface area (Å²) < 4.78 is 10.4. The molecule has 10 nitrogen and oxygen atoms in total. The number of amides is 1. The number of nitro groups is 1. The number of hydrogen-bond donors (Lipinski definition) is 2. The first-order valence-corrected chi connectivity index (χ1v) is 9.74. The highest BCUT2D eigenvalue weighted by molar-refractivity contribution is 6.46. The molecule has 1 atom stereocenters. The van der Waals surface area contributed by atoms with E-state index in [1.54, 1.807) is 24.3 Å². The minimum absolute atomic E-state index is 0.0539. The maximum absolute atomic E-state index is 12.9. The molecule has 2 aromatic carbocycles. The number of hydrogen-bond acceptors (Lipinski definition) is 8. The van der Waals surface area contributed by atoms with Crippen LogP contribution in [0.2, 0.25) is 0 Å². The second kappa shape index (κ2) is 10.0. The molecule has 0 spiro atoms. The van der Waals surface area contributed by atoms with Crippen molar-refractivity contribution in [2.45, 2.75) is 6.04 Å². The van der Waals surface area contributed by atoms with Crippen molar-refractivity contribution in [2.24, 2.45) is 0 Å². The number of non-ortho nitro benzene ring substituents is 1. The van der Waals surface area contributed by atoms with Crippen LogP contribution in [0, 0.1) is 10.1 Å². The molecule has 1 aliphatic rings. The van der Waals surface area contributed by atoms with Gasteiger partial charge in [0.2, 0.25) is 0 Å². The molecular weight excluding hydrogens is 420 g/mol. The summed E-state index contributed by atoms with van der Waals surface area (Å²) in [4.78, 5) is 37.3. The van der Waals surface area contributed by atoms with Crippen LogP contribution in [0.3, 0.4) is 0 Å². The predicted molar refractivity (Wildman–Crippen MR) is 113 cm³/mol. The third kappa shape index (κ3) is 4.61. The molecule has 32 heavy (non-hydrogen) atoms. The summed E-state index contributed by atoms with van der Waals surface area (Å²) in [6.07, 6.45) is 0. The van der Waals surface area contributed by atoms with Gasteiger partial charge in [0.15, 0.2) is 0 Å². The maximum Gasteiger partial charge on any atom is 0.295 e. The number of likely N-dealkylation sites (tertiary alicyclic amines) is 1. The number of carbonyl (C=O) groups is 2. The normalized spacial score (nSPS) is 17.6. The minimum Gasteiger partial charge on any atom is -0.507 e. The van der Waals surface area contributed by atoms with Gasteiger partial charge in [0.05, 0.1) is 43.5 Å². The first-order chi connectivity index (χ1) is 15.4. The molecule has 0 aromatic heterocycles. The van der Waals surface area contributed by atoms with E-state index in [2.05, 4.69) is 0 Å². The fourth-order valence-corrected chi connectivity index (χ4v) is 3.47. The Balaban J connectivity index is 2.05. The average molecular weight is 442 g/mol. The number of nitrogens with zero attached hydrogens (tertiary/aromatic N) is 2. The number of benzene rings is 2. The summed E-state index contributed by atoms with van der Waals surface area (Å²) in [7, 11) is 1.51. The molecule has 2 aromatic rings. The van der Waals surface area contributed by atoms with E-state index in [1.807, 2.05) is 0 Å². The number of aliphatic hydroxyl groups is 2. The number of methoxy groups -OCH3 is 1. The van der Waals surface area contributed by atoms with Crippen molar-refractivity contribution in [2.75, 3.05) is 33.5 Å². The molecule has 1 aliphatic heterocycles. The van der Waals surface area contributed by atoms with Crippen molar-refractivity contribution in [3.63, 3.8) is 0 Å². The fourth-order valence-electron chi connectivity index (χ4n) is 3.47. The summed E-state index contributed by atoms with van der Waals surface area (Å²) in [6, 6.07) is 10.8. The van der Waals surface area contributed by atoms with Gasteiger partial charge in [-0.25, -0.2) is 0 Å². The van der Waals surface area contributed by atoms with Gasteiger partial charge in [-0.1, -0.05) is 12.1 Å². The molecule has 0 radical (unpaired) electrons. The number of ketones is 1. The van der Waals surface area contributed by atoms with Crippen LogP contribution in [0.15, 0.2) is 54.1 Å². The second-order valence-corrected chi connectivity index (χ2v) is 6.91. The van der Waals surface area contributed by atoms with Gasteiger partial charge in [-0.15, -0.1) is 0 Å². The van der Waals surface area contributed by atoms with E-state index in [4.69, 9.17) is 14.6 Å². The van der Waals surface area contributed by atoms with Crippen LogP contribution < -0.4 is 4.74 Å². The van der Waals surface area contributed by atoms with Crippen LogP contribution in [0.25, 0.3) is 5.76 Å². The summed E-state index contributed by atoms with van der Waals surface area (Å²) in [5.74, 6) is -1.53.